The minimum absolute atomic E-state index is 0.0635. The van der Waals surface area contributed by atoms with Crippen molar-refractivity contribution >= 4 is 11.5 Å². The molecular weight excluding hydrogens is 300 g/mol. The molecule has 0 fully saturated rings. The molecule has 0 atom stereocenters. The molecule has 0 unspecified atom stereocenters. The smallest absolute Gasteiger partial charge is 0.330 e. The average molecular weight is 320 g/mol. The fraction of sp³-hybridized carbons (Fsp3) is 0.333. The maximum Gasteiger partial charge on any atom is 0.330 e. The number of aromatic nitrogens is 2. The van der Waals surface area contributed by atoms with E-state index in [-0.39, 0.29) is 24.6 Å². The predicted octanol–water partition coefficient (Wildman–Crippen LogP) is 0.198. The van der Waals surface area contributed by atoms with Gasteiger partial charge in [-0.3, -0.25) is 14.3 Å². The number of H-pyrrole nitrogens is 1. The van der Waals surface area contributed by atoms with E-state index in [9.17, 15) is 9.59 Å². The van der Waals surface area contributed by atoms with Gasteiger partial charge < -0.3 is 20.5 Å². The summed E-state index contributed by atoms with van der Waals surface area (Å²) in [6.07, 6.45) is -0.539. The molecule has 2 rings (SSSR count). The SMILES string of the molecule is COC(CNc1c(N)n(Cc2ccccc2)c(=O)[nH]c1=O)OC. The Morgan fingerprint density at radius 1 is 1.22 bits per heavy atom. The van der Waals surface area contributed by atoms with Crippen LogP contribution in [0.1, 0.15) is 5.56 Å². The molecule has 0 bridgehead atoms. The maximum atomic E-state index is 12.0. The topological polar surface area (TPSA) is 111 Å². The second-order valence-electron chi connectivity index (χ2n) is 4.87. The van der Waals surface area contributed by atoms with E-state index in [1.165, 1.54) is 18.8 Å². The van der Waals surface area contributed by atoms with E-state index in [1.54, 1.807) is 0 Å². The van der Waals surface area contributed by atoms with Gasteiger partial charge in [-0.2, -0.15) is 0 Å². The van der Waals surface area contributed by atoms with Gasteiger partial charge in [0.1, 0.15) is 11.5 Å². The molecule has 4 N–H and O–H groups in total. The van der Waals surface area contributed by atoms with E-state index in [2.05, 4.69) is 10.3 Å². The van der Waals surface area contributed by atoms with Crippen LogP contribution in [-0.2, 0) is 16.0 Å². The fourth-order valence-electron chi connectivity index (χ4n) is 2.13. The summed E-state index contributed by atoms with van der Waals surface area (Å²) >= 11 is 0. The van der Waals surface area contributed by atoms with Crippen LogP contribution in [0.3, 0.4) is 0 Å². The number of nitrogen functional groups attached to an aromatic ring is 1. The molecule has 1 heterocycles. The molecule has 8 heteroatoms. The largest absolute Gasteiger partial charge is 0.383 e. The van der Waals surface area contributed by atoms with Crippen molar-refractivity contribution in [1.82, 2.24) is 9.55 Å². The van der Waals surface area contributed by atoms with Crippen LogP contribution >= 0.6 is 0 Å². The van der Waals surface area contributed by atoms with Gasteiger partial charge >= 0.3 is 5.69 Å². The predicted molar refractivity (Wildman–Crippen MR) is 87.6 cm³/mol. The van der Waals surface area contributed by atoms with E-state index in [4.69, 9.17) is 15.2 Å². The van der Waals surface area contributed by atoms with E-state index in [1.807, 2.05) is 30.3 Å². The average Bonchev–Trinajstić information content (AvgIpc) is 2.56. The van der Waals surface area contributed by atoms with Crippen molar-refractivity contribution < 1.29 is 9.47 Å². The Hall–Kier alpha value is -2.58. The Kier molecular flexibility index (Phi) is 5.56. The number of nitrogens with one attached hydrogen (secondary N) is 2. The number of nitrogens with zero attached hydrogens (tertiary/aromatic N) is 1. The highest BCUT2D eigenvalue weighted by molar-refractivity contribution is 5.60. The summed E-state index contributed by atoms with van der Waals surface area (Å²) in [7, 11) is 2.97. The summed E-state index contributed by atoms with van der Waals surface area (Å²) < 4.78 is 11.4. The number of nitrogens with two attached hydrogens (primary N) is 1. The second kappa shape index (κ2) is 7.61. The normalized spacial score (nSPS) is 10.9. The Bertz CT molecular complexity index is 750. The van der Waals surface area contributed by atoms with Crippen molar-refractivity contribution in [1.29, 1.82) is 0 Å². The van der Waals surface area contributed by atoms with Gasteiger partial charge in [0.2, 0.25) is 0 Å². The van der Waals surface area contributed by atoms with Gasteiger partial charge in [0, 0.05) is 14.2 Å². The van der Waals surface area contributed by atoms with Crippen molar-refractivity contribution in [2.24, 2.45) is 0 Å². The minimum atomic E-state index is -0.581. The number of rotatable bonds is 7. The maximum absolute atomic E-state index is 12.0. The lowest BCUT2D eigenvalue weighted by molar-refractivity contribution is -0.0914. The minimum Gasteiger partial charge on any atom is -0.383 e. The summed E-state index contributed by atoms with van der Waals surface area (Å²) in [6, 6.07) is 9.35. The molecule has 0 amide bonds. The van der Waals surface area contributed by atoms with Crippen molar-refractivity contribution in [3.8, 4) is 0 Å². The quantitative estimate of drug-likeness (QED) is 0.628. The third-order valence-electron chi connectivity index (χ3n) is 3.39. The summed E-state index contributed by atoms with van der Waals surface area (Å²) in [5, 5.41) is 2.86. The number of anilines is 2. The molecule has 2 aromatic rings. The lowest BCUT2D eigenvalue weighted by atomic mass is 10.2. The lowest BCUT2D eigenvalue weighted by Crippen LogP contribution is -2.36. The molecule has 0 aliphatic rings. The molecule has 0 saturated heterocycles. The first-order chi connectivity index (χ1) is 11.1. The molecule has 1 aromatic carbocycles. The van der Waals surface area contributed by atoms with E-state index >= 15 is 0 Å². The van der Waals surface area contributed by atoms with Gasteiger partial charge in [-0.1, -0.05) is 30.3 Å². The van der Waals surface area contributed by atoms with Crippen LogP contribution in [0.4, 0.5) is 11.5 Å². The van der Waals surface area contributed by atoms with Crippen LogP contribution < -0.4 is 22.3 Å². The highest BCUT2D eigenvalue weighted by atomic mass is 16.7. The molecule has 0 aliphatic heterocycles. The van der Waals surface area contributed by atoms with Crippen molar-refractivity contribution in [3.05, 3.63) is 56.7 Å². The van der Waals surface area contributed by atoms with Crippen molar-refractivity contribution in [2.45, 2.75) is 12.8 Å². The monoisotopic (exact) mass is 320 g/mol. The van der Waals surface area contributed by atoms with Crippen LogP contribution in [0.15, 0.2) is 39.9 Å². The standard InChI is InChI=1S/C15H20N4O4/c1-22-11(23-2)8-17-12-13(16)19(15(21)18-14(12)20)9-10-6-4-3-5-7-10/h3-7,11,17H,8-9,16H2,1-2H3,(H,18,20,21). The molecule has 1 aromatic heterocycles. The molecule has 0 saturated carbocycles. The van der Waals surface area contributed by atoms with E-state index in [0.717, 1.165) is 5.56 Å². The zero-order chi connectivity index (χ0) is 16.8. The Morgan fingerprint density at radius 3 is 2.48 bits per heavy atom. The van der Waals surface area contributed by atoms with Crippen molar-refractivity contribution in [3.63, 3.8) is 0 Å². The Labute approximate surface area is 132 Å². The third kappa shape index (κ3) is 3.99. The number of benzene rings is 1. The Balaban J connectivity index is 2.31. The number of ether oxygens (including phenoxy) is 2. The summed E-state index contributed by atoms with van der Waals surface area (Å²) in [5.41, 5.74) is 5.87. The summed E-state index contributed by atoms with van der Waals surface area (Å²) in [6.45, 7) is 0.471. The van der Waals surface area contributed by atoms with Gasteiger partial charge in [-0.25, -0.2) is 4.79 Å². The number of methoxy groups -OCH3 is 2. The molecule has 23 heavy (non-hydrogen) atoms. The number of hydrogen-bond acceptors (Lipinski definition) is 6. The van der Waals surface area contributed by atoms with E-state index < -0.39 is 17.5 Å². The van der Waals surface area contributed by atoms with Gasteiger partial charge in [0.15, 0.2) is 6.29 Å². The Morgan fingerprint density at radius 2 is 1.87 bits per heavy atom. The van der Waals surface area contributed by atoms with Gasteiger partial charge in [0.25, 0.3) is 5.56 Å². The highest BCUT2D eigenvalue weighted by Gasteiger charge is 2.14. The second-order valence-corrected chi connectivity index (χ2v) is 4.87. The first-order valence-corrected chi connectivity index (χ1v) is 7.02. The molecule has 124 valence electrons. The first-order valence-electron chi connectivity index (χ1n) is 7.02. The molecule has 0 aliphatic carbocycles. The van der Waals surface area contributed by atoms with Crippen LogP contribution in [0.2, 0.25) is 0 Å². The van der Waals surface area contributed by atoms with Crippen LogP contribution in [0, 0.1) is 0 Å². The fourth-order valence-corrected chi connectivity index (χ4v) is 2.13. The van der Waals surface area contributed by atoms with Gasteiger partial charge in [-0.05, 0) is 5.56 Å². The van der Waals surface area contributed by atoms with Crippen molar-refractivity contribution in [2.75, 3.05) is 31.8 Å². The summed E-state index contributed by atoms with van der Waals surface area (Å²) in [4.78, 5) is 26.2. The van der Waals surface area contributed by atoms with Gasteiger partial charge in [0.05, 0.1) is 13.1 Å². The van der Waals surface area contributed by atoms with Gasteiger partial charge in [-0.15, -0.1) is 0 Å². The van der Waals surface area contributed by atoms with Crippen LogP contribution in [0.25, 0.3) is 0 Å². The first kappa shape index (κ1) is 16.8. The van der Waals surface area contributed by atoms with Crippen LogP contribution in [-0.4, -0.2) is 36.6 Å². The zero-order valence-electron chi connectivity index (χ0n) is 13.0. The number of hydrogen-bond donors (Lipinski definition) is 3. The zero-order valence-corrected chi connectivity index (χ0v) is 13.0. The molecular formula is C15H20N4O4. The third-order valence-corrected chi connectivity index (χ3v) is 3.39. The highest BCUT2D eigenvalue weighted by Crippen LogP contribution is 2.12. The molecule has 0 radical (unpaired) electrons. The van der Waals surface area contributed by atoms with E-state index in [0.29, 0.717) is 0 Å². The lowest BCUT2D eigenvalue weighted by Gasteiger charge is -2.17. The summed E-state index contributed by atoms with van der Waals surface area (Å²) in [5.74, 6) is 0.0635. The van der Waals surface area contributed by atoms with Crippen LogP contribution in [0.5, 0.6) is 0 Å². The number of aromatic amines is 1. The molecule has 8 nitrogen and oxygen atoms in total. The molecule has 0 spiro atoms.